The van der Waals surface area contributed by atoms with Crippen LogP contribution in [0.25, 0.3) is 11.0 Å². The maximum atomic E-state index is 3.56. The first kappa shape index (κ1) is 12.9. The molecule has 0 saturated heterocycles. The van der Waals surface area contributed by atoms with Crippen molar-refractivity contribution in [2.75, 3.05) is 0 Å². The monoisotopic (exact) mass is 265 g/mol. The molecule has 0 spiro atoms. The second kappa shape index (κ2) is 5.49. The molecule has 102 valence electrons. The van der Waals surface area contributed by atoms with Crippen LogP contribution in [0.1, 0.15) is 31.2 Å². The molecule has 0 bridgehead atoms. The van der Waals surface area contributed by atoms with E-state index in [0.29, 0.717) is 5.92 Å². The SMILES string of the molecule is CC(C)c1[nH]c2ccccc2[n+]1CCc1ccccc1. The third-order valence-corrected chi connectivity index (χ3v) is 3.76. The van der Waals surface area contributed by atoms with E-state index >= 15 is 0 Å². The number of nitrogens with zero attached hydrogens (tertiary/aromatic N) is 1. The number of nitrogens with one attached hydrogen (secondary N) is 1. The fourth-order valence-electron chi connectivity index (χ4n) is 2.73. The van der Waals surface area contributed by atoms with Gasteiger partial charge in [0.15, 0.2) is 11.0 Å². The molecule has 1 N–H and O–H groups in total. The number of fused-ring (bicyclic) bond motifs is 1. The summed E-state index contributed by atoms with van der Waals surface area (Å²) in [5.74, 6) is 1.81. The van der Waals surface area contributed by atoms with Crippen molar-refractivity contribution in [2.45, 2.75) is 32.7 Å². The van der Waals surface area contributed by atoms with E-state index in [4.69, 9.17) is 0 Å². The molecule has 0 atom stereocenters. The predicted molar refractivity (Wildman–Crippen MR) is 82.7 cm³/mol. The molecule has 3 rings (SSSR count). The van der Waals surface area contributed by atoms with Gasteiger partial charge >= 0.3 is 0 Å². The van der Waals surface area contributed by atoms with Crippen molar-refractivity contribution in [3.05, 3.63) is 66.0 Å². The average molecular weight is 265 g/mol. The number of rotatable bonds is 4. The lowest BCUT2D eigenvalue weighted by molar-refractivity contribution is -0.679. The third-order valence-electron chi connectivity index (χ3n) is 3.76. The summed E-state index contributed by atoms with van der Waals surface area (Å²) in [7, 11) is 0. The second-order valence-electron chi connectivity index (χ2n) is 5.57. The Kier molecular flexibility index (Phi) is 3.55. The topological polar surface area (TPSA) is 19.7 Å². The van der Waals surface area contributed by atoms with E-state index in [2.05, 4.69) is 78.0 Å². The third kappa shape index (κ3) is 2.46. The minimum Gasteiger partial charge on any atom is -0.241 e. The van der Waals surface area contributed by atoms with Crippen LogP contribution in [0.4, 0.5) is 0 Å². The molecule has 2 aromatic carbocycles. The van der Waals surface area contributed by atoms with Gasteiger partial charge in [-0.05, 0) is 17.7 Å². The molecule has 1 heterocycles. The summed E-state index contributed by atoms with van der Waals surface area (Å²) in [6.07, 6.45) is 1.06. The van der Waals surface area contributed by atoms with Crippen LogP contribution in [0, 0.1) is 0 Å². The van der Waals surface area contributed by atoms with Gasteiger partial charge in [-0.15, -0.1) is 0 Å². The zero-order valence-electron chi connectivity index (χ0n) is 12.1. The van der Waals surface area contributed by atoms with Gasteiger partial charge < -0.3 is 0 Å². The number of para-hydroxylation sites is 2. The first-order valence-corrected chi connectivity index (χ1v) is 7.30. The van der Waals surface area contributed by atoms with Gasteiger partial charge in [0.25, 0.3) is 5.82 Å². The van der Waals surface area contributed by atoms with Crippen molar-refractivity contribution in [2.24, 2.45) is 0 Å². The molecule has 2 heteroatoms. The van der Waals surface area contributed by atoms with Gasteiger partial charge in [-0.25, -0.2) is 9.55 Å². The molecule has 3 aromatic rings. The Balaban J connectivity index is 1.95. The summed E-state index contributed by atoms with van der Waals surface area (Å²) in [5, 5.41) is 0. The first-order chi connectivity index (χ1) is 9.75. The number of aromatic amines is 1. The lowest BCUT2D eigenvalue weighted by Crippen LogP contribution is -2.38. The molecular weight excluding hydrogens is 244 g/mol. The Morgan fingerprint density at radius 1 is 0.950 bits per heavy atom. The van der Waals surface area contributed by atoms with Crippen LogP contribution in [0.5, 0.6) is 0 Å². The van der Waals surface area contributed by atoms with Gasteiger partial charge in [0, 0.05) is 6.42 Å². The lowest BCUT2D eigenvalue weighted by Gasteiger charge is -2.04. The van der Waals surface area contributed by atoms with Crippen LogP contribution in [0.15, 0.2) is 54.6 Å². The highest BCUT2D eigenvalue weighted by Gasteiger charge is 2.20. The fourth-order valence-corrected chi connectivity index (χ4v) is 2.73. The molecular formula is C18H21N2+. The number of H-pyrrole nitrogens is 1. The molecule has 0 aliphatic carbocycles. The molecule has 0 unspecified atom stereocenters. The summed E-state index contributed by atoms with van der Waals surface area (Å²) in [5.41, 5.74) is 3.91. The van der Waals surface area contributed by atoms with E-state index < -0.39 is 0 Å². The van der Waals surface area contributed by atoms with Crippen molar-refractivity contribution in [3.8, 4) is 0 Å². The number of aryl methyl sites for hydroxylation is 2. The van der Waals surface area contributed by atoms with Crippen LogP contribution in [-0.2, 0) is 13.0 Å². The first-order valence-electron chi connectivity index (χ1n) is 7.30. The van der Waals surface area contributed by atoms with E-state index in [1.165, 1.54) is 22.4 Å². The molecule has 0 saturated carbocycles. The van der Waals surface area contributed by atoms with Crippen molar-refractivity contribution in [1.82, 2.24) is 4.98 Å². The van der Waals surface area contributed by atoms with E-state index in [-0.39, 0.29) is 0 Å². The summed E-state index contributed by atoms with van der Waals surface area (Å²) >= 11 is 0. The van der Waals surface area contributed by atoms with E-state index in [1.807, 2.05) is 0 Å². The van der Waals surface area contributed by atoms with Crippen molar-refractivity contribution < 1.29 is 4.57 Å². The number of hydrogen-bond donors (Lipinski definition) is 1. The number of imidazole rings is 1. The van der Waals surface area contributed by atoms with E-state index in [1.54, 1.807) is 0 Å². The minimum atomic E-state index is 0.498. The summed E-state index contributed by atoms with van der Waals surface area (Å²) in [6, 6.07) is 19.2. The highest BCUT2D eigenvalue weighted by Crippen LogP contribution is 2.15. The van der Waals surface area contributed by atoms with Crippen LogP contribution >= 0.6 is 0 Å². The van der Waals surface area contributed by atoms with Crippen LogP contribution in [0.2, 0.25) is 0 Å². The smallest absolute Gasteiger partial charge is 0.241 e. The Labute approximate surface area is 120 Å². The van der Waals surface area contributed by atoms with Crippen LogP contribution < -0.4 is 4.57 Å². The van der Waals surface area contributed by atoms with Crippen molar-refractivity contribution in [1.29, 1.82) is 0 Å². The number of aromatic nitrogens is 2. The van der Waals surface area contributed by atoms with Crippen molar-refractivity contribution >= 4 is 11.0 Å². The Morgan fingerprint density at radius 3 is 2.40 bits per heavy atom. The van der Waals surface area contributed by atoms with Gasteiger partial charge in [0.1, 0.15) is 0 Å². The Morgan fingerprint density at radius 2 is 1.65 bits per heavy atom. The molecule has 1 aromatic heterocycles. The van der Waals surface area contributed by atoms with Crippen LogP contribution in [0.3, 0.4) is 0 Å². The van der Waals surface area contributed by atoms with Gasteiger partial charge in [0.2, 0.25) is 0 Å². The second-order valence-corrected chi connectivity index (χ2v) is 5.57. The Hall–Kier alpha value is -2.09. The zero-order chi connectivity index (χ0) is 13.9. The average Bonchev–Trinajstić information content (AvgIpc) is 2.85. The number of hydrogen-bond acceptors (Lipinski definition) is 0. The quantitative estimate of drug-likeness (QED) is 0.692. The van der Waals surface area contributed by atoms with E-state index in [9.17, 15) is 0 Å². The minimum absolute atomic E-state index is 0.498. The molecule has 20 heavy (non-hydrogen) atoms. The molecule has 0 radical (unpaired) electrons. The summed E-state index contributed by atoms with van der Waals surface area (Å²) in [4.78, 5) is 3.56. The summed E-state index contributed by atoms with van der Waals surface area (Å²) in [6.45, 7) is 5.50. The molecule has 2 nitrogen and oxygen atoms in total. The Bertz CT molecular complexity index is 696. The largest absolute Gasteiger partial charge is 0.257 e. The normalized spacial score (nSPS) is 11.3. The van der Waals surface area contributed by atoms with Crippen molar-refractivity contribution in [3.63, 3.8) is 0 Å². The lowest BCUT2D eigenvalue weighted by atomic mass is 10.1. The molecule has 0 aliphatic heterocycles. The predicted octanol–water partition coefficient (Wildman–Crippen LogP) is 3.82. The van der Waals surface area contributed by atoms with Gasteiger partial charge in [-0.2, -0.15) is 0 Å². The molecule has 0 amide bonds. The number of benzene rings is 2. The van der Waals surface area contributed by atoms with E-state index in [0.717, 1.165) is 13.0 Å². The highest BCUT2D eigenvalue weighted by molar-refractivity contribution is 5.71. The standard InChI is InChI=1S/C18H20N2/c1-14(2)18-19-16-10-6-7-11-17(16)20(18)13-12-15-8-4-3-5-9-15/h3-11,14H,12-13H2,1-2H3/p+1. The molecule has 0 aliphatic rings. The molecule has 0 fully saturated rings. The van der Waals surface area contributed by atoms with Gasteiger partial charge in [-0.1, -0.05) is 56.3 Å². The zero-order valence-corrected chi connectivity index (χ0v) is 12.1. The maximum absolute atomic E-state index is 3.56. The maximum Gasteiger partial charge on any atom is 0.257 e. The van der Waals surface area contributed by atoms with Gasteiger partial charge in [-0.3, -0.25) is 0 Å². The highest BCUT2D eigenvalue weighted by atomic mass is 15.1. The summed E-state index contributed by atoms with van der Waals surface area (Å²) < 4.78 is 2.42. The fraction of sp³-hybridized carbons (Fsp3) is 0.278. The van der Waals surface area contributed by atoms with Gasteiger partial charge in [0.05, 0.1) is 12.5 Å². The van der Waals surface area contributed by atoms with Crippen LogP contribution in [-0.4, -0.2) is 4.98 Å².